The largest absolute Gasteiger partial charge is 0.489 e. The van der Waals surface area contributed by atoms with Crippen molar-refractivity contribution in [1.82, 2.24) is 9.88 Å². The van der Waals surface area contributed by atoms with E-state index in [4.69, 9.17) is 15.2 Å². The quantitative estimate of drug-likeness (QED) is 0.443. The van der Waals surface area contributed by atoms with Crippen LogP contribution in [-0.2, 0) is 16.1 Å². The second-order valence-electron chi connectivity index (χ2n) is 9.25. The van der Waals surface area contributed by atoms with Gasteiger partial charge in [-0.15, -0.1) is 0 Å². The number of hydrogen-bond acceptors (Lipinski definition) is 6. The first kappa shape index (κ1) is 26.1. The van der Waals surface area contributed by atoms with Crippen molar-refractivity contribution in [2.75, 3.05) is 33.4 Å². The molecule has 2 N–H and O–H groups in total. The van der Waals surface area contributed by atoms with Crippen molar-refractivity contribution < 1.29 is 14.3 Å². The van der Waals surface area contributed by atoms with Gasteiger partial charge in [0.25, 0.3) is 5.91 Å². The van der Waals surface area contributed by atoms with E-state index in [0.29, 0.717) is 55.7 Å². The highest BCUT2D eigenvalue weighted by Crippen LogP contribution is 2.28. The van der Waals surface area contributed by atoms with Crippen LogP contribution in [0.3, 0.4) is 0 Å². The maximum absolute atomic E-state index is 13.4. The van der Waals surface area contributed by atoms with Gasteiger partial charge in [0.15, 0.2) is 0 Å². The van der Waals surface area contributed by atoms with Gasteiger partial charge in [-0.25, -0.2) is 0 Å². The molecule has 0 saturated heterocycles. The normalized spacial score (nSPS) is 14.4. The lowest BCUT2D eigenvalue weighted by Crippen LogP contribution is -2.44. The molecule has 1 aliphatic heterocycles. The molecule has 192 valence electrons. The molecular weight excluding hydrogens is 464 g/mol. The van der Waals surface area contributed by atoms with Crippen LogP contribution < -0.4 is 10.5 Å². The molecule has 0 aliphatic carbocycles. The predicted octanol–water partition coefficient (Wildman–Crippen LogP) is 4.54. The van der Waals surface area contributed by atoms with E-state index in [0.717, 1.165) is 22.4 Å². The third kappa shape index (κ3) is 6.43. The monoisotopic (exact) mass is 498 g/mol. The summed E-state index contributed by atoms with van der Waals surface area (Å²) in [6.45, 7) is 6.86. The number of methoxy groups -OCH3 is 1. The summed E-state index contributed by atoms with van der Waals surface area (Å²) in [5.41, 5.74) is 12.1. The average Bonchev–Trinajstić information content (AvgIpc) is 2.93. The van der Waals surface area contributed by atoms with E-state index in [1.54, 1.807) is 24.4 Å². The molecule has 37 heavy (non-hydrogen) atoms. The topological polar surface area (TPSA) is 90.0 Å². The molecular formula is C30H34N4O3. The molecule has 7 heteroatoms. The van der Waals surface area contributed by atoms with Gasteiger partial charge in [-0.3, -0.25) is 14.8 Å². The number of carbonyl (C=O) groups is 1. The number of nitrogens with zero attached hydrogens (tertiary/aromatic N) is 3. The van der Waals surface area contributed by atoms with Crippen LogP contribution in [0.15, 0.2) is 78.0 Å². The van der Waals surface area contributed by atoms with Gasteiger partial charge in [0, 0.05) is 49.4 Å². The van der Waals surface area contributed by atoms with E-state index in [-0.39, 0.29) is 5.91 Å². The van der Waals surface area contributed by atoms with Crippen molar-refractivity contribution in [2.45, 2.75) is 26.4 Å². The van der Waals surface area contributed by atoms with Gasteiger partial charge < -0.3 is 20.1 Å². The summed E-state index contributed by atoms with van der Waals surface area (Å²) in [6.07, 6.45) is 3.36. The Bertz CT molecular complexity index is 1250. The fourth-order valence-electron chi connectivity index (χ4n) is 4.18. The summed E-state index contributed by atoms with van der Waals surface area (Å²) < 4.78 is 11.2. The van der Waals surface area contributed by atoms with E-state index in [9.17, 15) is 4.79 Å². The number of nitrogens with two attached hydrogens (primary N) is 1. The number of rotatable bonds is 10. The van der Waals surface area contributed by atoms with E-state index >= 15 is 0 Å². The first-order valence-corrected chi connectivity index (χ1v) is 12.5. The molecule has 2 aromatic carbocycles. The number of ether oxygens (including phenoxy) is 2. The fourth-order valence-corrected chi connectivity index (χ4v) is 4.18. The van der Waals surface area contributed by atoms with Crippen molar-refractivity contribution in [3.05, 3.63) is 95.3 Å². The van der Waals surface area contributed by atoms with Crippen LogP contribution >= 0.6 is 0 Å². The summed E-state index contributed by atoms with van der Waals surface area (Å²) in [4.78, 5) is 23.8. The lowest BCUT2D eigenvalue weighted by atomic mass is 9.94. The van der Waals surface area contributed by atoms with Crippen LogP contribution in [0, 0.1) is 0 Å². The number of carbonyl (C=O) groups excluding carboxylic acids is 1. The zero-order valence-corrected chi connectivity index (χ0v) is 21.7. The second kappa shape index (κ2) is 12.3. The summed E-state index contributed by atoms with van der Waals surface area (Å²) >= 11 is 0. The van der Waals surface area contributed by atoms with Gasteiger partial charge in [-0.1, -0.05) is 50.2 Å². The minimum atomic E-state index is -0.152. The molecule has 1 aromatic heterocycles. The molecule has 0 fully saturated rings. The number of amides is 1. The summed E-state index contributed by atoms with van der Waals surface area (Å²) in [5, 5.41) is 0. The summed E-state index contributed by atoms with van der Waals surface area (Å²) in [7, 11) is 1.63. The fraction of sp³-hybridized carbons (Fsp3) is 0.300. The lowest BCUT2D eigenvalue weighted by molar-refractivity contribution is -0.125. The second-order valence-corrected chi connectivity index (χ2v) is 9.25. The Balaban J connectivity index is 1.60. The molecule has 0 spiro atoms. The standard InChI is InChI=1S/C30H34N4O3/c1-21(2)23-6-4-22(5-7-23)20-37-26-10-8-24(9-11-26)27(28(31)25-12-14-32-15-13-25)29-30(35)34(17-16-33-29)18-19-36-3/h4-15,21H,16-20,31H2,1-3H3. The van der Waals surface area contributed by atoms with Crippen molar-refractivity contribution in [2.24, 2.45) is 10.7 Å². The molecule has 0 unspecified atom stereocenters. The van der Waals surface area contributed by atoms with E-state index in [2.05, 4.69) is 48.1 Å². The van der Waals surface area contributed by atoms with Gasteiger partial charge >= 0.3 is 0 Å². The van der Waals surface area contributed by atoms with Crippen LogP contribution in [0.1, 0.15) is 42.0 Å². The third-order valence-corrected chi connectivity index (χ3v) is 6.39. The molecule has 3 aromatic rings. The number of aromatic nitrogens is 1. The lowest BCUT2D eigenvalue weighted by Gasteiger charge is -2.28. The number of pyridine rings is 1. The maximum Gasteiger partial charge on any atom is 0.272 e. The van der Waals surface area contributed by atoms with E-state index in [1.807, 2.05) is 36.4 Å². The van der Waals surface area contributed by atoms with Crippen LogP contribution in [-0.4, -0.2) is 54.9 Å². The van der Waals surface area contributed by atoms with Crippen molar-refractivity contribution in [1.29, 1.82) is 0 Å². The Morgan fingerprint density at radius 3 is 2.35 bits per heavy atom. The van der Waals surface area contributed by atoms with Crippen LogP contribution in [0.4, 0.5) is 0 Å². The Morgan fingerprint density at radius 2 is 1.70 bits per heavy atom. The van der Waals surface area contributed by atoms with Gasteiger partial charge in [-0.05, 0) is 46.9 Å². The zero-order valence-electron chi connectivity index (χ0n) is 21.7. The Hall–Kier alpha value is -3.97. The number of hydrogen-bond donors (Lipinski definition) is 1. The molecule has 0 bridgehead atoms. The summed E-state index contributed by atoms with van der Waals surface area (Å²) in [5.74, 6) is 1.08. The third-order valence-electron chi connectivity index (χ3n) is 6.39. The highest BCUT2D eigenvalue weighted by Gasteiger charge is 2.28. The maximum atomic E-state index is 13.4. The van der Waals surface area contributed by atoms with Gasteiger partial charge in [0.1, 0.15) is 18.1 Å². The van der Waals surface area contributed by atoms with Crippen molar-refractivity contribution in [3.63, 3.8) is 0 Å². The van der Waals surface area contributed by atoms with E-state index in [1.165, 1.54) is 5.56 Å². The average molecular weight is 499 g/mol. The molecule has 0 atom stereocenters. The molecule has 7 nitrogen and oxygen atoms in total. The number of benzene rings is 2. The van der Waals surface area contributed by atoms with Crippen molar-refractivity contribution >= 4 is 22.9 Å². The minimum absolute atomic E-state index is 0.152. The minimum Gasteiger partial charge on any atom is -0.489 e. The van der Waals surface area contributed by atoms with Gasteiger partial charge in [-0.2, -0.15) is 0 Å². The van der Waals surface area contributed by atoms with Crippen molar-refractivity contribution in [3.8, 4) is 5.75 Å². The Kier molecular flexibility index (Phi) is 8.69. The first-order valence-electron chi connectivity index (χ1n) is 12.5. The molecule has 0 saturated carbocycles. The van der Waals surface area contributed by atoms with Crippen LogP contribution in [0.25, 0.3) is 11.3 Å². The zero-order chi connectivity index (χ0) is 26.2. The Morgan fingerprint density at radius 1 is 1.00 bits per heavy atom. The SMILES string of the molecule is COCCN1CCN=C(C(=C(N)c2ccncc2)c2ccc(OCc3ccc(C(C)C)cc3)cc2)C1=O. The Labute approximate surface area is 218 Å². The molecule has 0 radical (unpaired) electrons. The smallest absolute Gasteiger partial charge is 0.272 e. The van der Waals surface area contributed by atoms with Gasteiger partial charge in [0.2, 0.25) is 0 Å². The van der Waals surface area contributed by atoms with E-state index < -0.39 is 0 Å². The highest BCUT2D eigenvalue weighted by atomic mass is 16.5. The number of aliphatic imine (C=N–C) groups is 1. The molecule has 1 aliphatic rings. The predicted molar refractivity (Wildman–Crippen MR) is 147 cm³/mol. The molecule has 4 rings (SSSR count). The van der Waals surface area contributed by atoms with Crippen LogP contribution in [0.5, 0.6) is 5.75 Å². The molecule has 1 amide bonds. The van der Waals surface area contributed by atoms with Crippen LogP contribution in [0.2, 0.25) is 0 Å². The first-order chi connectivity index (χ1) is 18.0. The highest BCUT2D eigenvalue weighted by molar-refractivity contribution is 6.58. The molecule has 2 heterocycles. The van der Waals surface area contributed by atoms with Gasteiger partial charge in [0.05, 0.1) is 13.2 Å². The summed E-state index contributed by atoms with van der Waals surface area (Å²) in [6, 6.07) is 19.8.